The second kappa shape index (κ2) is 4.35. The quantitative estimate of drug-likeness (QED) is 0.366. The standard InChI is InChI=1S/C16H8O4/c17-8-13(18)16(20)12-7-10-5-1-3-9-4-2-6-11(14(9)10)15(12)19/h1-8H. The number of benzene rings is 2. The lowest BCUT2D eigenvalue weighted by atomic mass is 9.86. The number of ketones is 3. The zero-order valence-corrected chi connectivity index (χ0v) is 10.3. The monoisotopic (exact) mass is 264 g/mol. The van der Waals surface area contributed by atoms with E-state index in [9.17, 15) is 19.2 Å². The first-order valence-corrected chi connectivity index (χ1v) is 5.95. The van der Waals surface area contributed by atoms with Crippen molar-refractivity contribution in [1.82, 2.24) is 0 Å². The third-order valence-electron chi connectivity index (χ3n) is 3.30. The lowest BCUT2D eigenvalue weighted by molar-refractivity contribution is -0.138. The van der Waals surface area contributed by atoms with Gasteiger partial charge in [0.05, 0.1) is 5.57 Å². The predicted molar refractivity (Wildman–Crippen MR) is 72.3 cm³/mol. The highest BCUT2D eigenvalue weighted by Crippen LogP contribution is 2.31. The predicted octanol–water partition coefficient (Wildman–Crippen LogP) is 1.76. The molecule has 2 aromatic rings. The minimum absolute atomic E-state index is 0.0719. The highest BCUT2D eigenvalue weighted by atomic mass is 16.2. The van der Waals surface area contributed by atoms with Crippen LogP contribution in [0.1, 0.15) is 15.9 Å². The van der Waals surface area contributed by atoms with Crippen LogP contribution in [0, 0.1) is 0 Å². The highest BCUT2D eigenvalue weighted by molar-refractivity contribution is 6.66. The summed E-state index contributed by atoms with van der Waals surface area (Å²) in [6.07, 6.45) is 1.30. The van der Waals surface area contributed by atoms with Crippen molar-refractivity contribution in [2.75, 3.05) is 0 Å². The maximum absolute atomic E-state index is 12.3. The van der Waals surface area contributed by atoms with E-state index >= 15 is 0 Å². The van der Waals surface area contributed by atoms with Crippen molar-refractivity contribution in [3.63, 3.8) is 0 Å². The Kier molecular flexibility index (Phi) is 2.64. The van der Waals surface area contributed by atoms with Gasteiger partial charge in [-0.25, -0.2) is 0 Å². The summed E-state index contributed by atoms with van der Waals surface area (Å²) in [5.41, 5.74) is 0.815. The first-order chi connectivity index (χ1) is 9.63. The second-order valence-electron chi connectivity index (χ2n) is 4.45. The average Bonchev–Trinajstić information content (AvgIpc) is 2.49. The van der Waals surface area contributed by atoms with Crippen LogP contribution in [-0.4, -0.2) is 23.6 Å². The van der Waals surface area contributed by atoms with E-state index in [1.54, 1.807) is 24.3 Å². The zero-order valence-electron chi connectivity index (χ0n) is 10.3. The molecule has 20 heavy (non-hydrogen) atoms. The number of allylic oxidation sites excluding steroid dienone is 1. The van der Waals surface area contributed by atoms with Crippen molar-refractivity contribution in [2.45, 2.75) is 0 Å². The van der Waals surface area contributed by atoms with Crippen molar-refractivity contribution in [3.05, 3.63) is 53.1 Å². The average molecular weight is 264 g/mol. The third-order valence-corrected chi connectivity index (χ3v) is 3.30. The number of carbonyl (C=O) groups excluding carboxylic acids is 4. The number of Topliss-reactive ketones (excluding diaryl/α,β-unsaturated/α-hetero) is 3. The molecular weight excluding hydrogens is 256 g/mol. The molecule has 0 heterocycles. The molecule has 0 aliphatic heterocycles. The van der Waals surface area contributed by atoms with Gasteiger partial charge in [0, 0.05) is 10.9 Å². The molecule has 1 aliphatic rings. The molecule has 3 rings (SSSR count). The van der Waals surface area contributed by atoms with Gasteiger partial charge in [-0.05, 0) is 17.0 Å². The Hall–Kier alpha value is -2.88. The number of carbonyl (C=O) groups is 4. The fourth-order valence-corrected chi connectivity index (χ4v) is 2.40. The molecule has 0 bridgehead atoms. The van der Waals surface area contributed by atoms with Crippen molar-refractivity contribution in [2.24, 2.45) is 0 Å². The Morgan fingerprint density at radius 1 is 1.00 bits per heavy atom. The van der Waals surface area contributed by atoms with Crippen LogP contribution in [0.4, 0.5) is 0 Å². The van der Waals surface area contributed by atoms with Gasteiger partial charge in [-0.3, -0.25) is 19.2 Å². The van der Waals surface area contributed by atoms with E-state index < -0.39 is 17.3 Å². The van der Waals surface area contributed by atoms with Gasteiger partial charge in [-0.2, -0.15) is 0 Å². The summed E-state index contributed by atoms with van der Waals surface area (Å²) in [6.45, 7) is 0. The fourth-order valence-electron chi connectivity index (χ4n) is 2.40. The van der Waals surface area contributed by atoms with Gasteiger partial charge in [-0.1, -0.05) is 36.4 Å². The summed E-state index contributed by atoms with van der Waals surface area (Å²) in [4.78, 5) is 45.7. The molecule has 4 nitrogen and oxygen atoms in total. The molecule has 0 amide bonds. The van der Waals surface area contributed by atoms with Crippen molar-refractivity contribution >= 4 is 40.5 Å². The van der Waals surface area contributed by atoms with Crippen LogP contribution in [0.2, 0.25) is 0 Å². The van der Waals surface area contributed by atoms with E-state index in [-0.39, 0.29) is 11.9 Å². The Bertz CT molecular complexity index is 822. The van der Waals surface area contributed by atoms with E-state index in [1.165, 1.54) is 6.08 Å². The van der Waals surface area contributed by atoms with Crippen LogP contribution < -0.4 is 0 Å². The maximum atomic E-state index is 12.3. The van der Waals surface area contributed by atoms with Gasteiger partial charge in [0.25, 0.3) is 5.78 Å². The summed E-state index contributed by atoms with van der Waals surface area (Å²) in [6, 6.07) is 10.6. The molecule has 0 saturated carbocycles. The second-order valence-corrected chi connectivity index (χ2v) is 4.45. The van der Waals surface area contributed by atoms with Crippen molar-refractivity contribution in [3.8, 4) is 0 Å². The van der Waals surface area contributed by atoms with Crippen LogP contribution >= 0.6 is 0 Å². The SMILES string of the molecule is O=CC(=O)C(=O)C1=Cc2cccc3cccc(c23)C1=O. The van der Waals surface area contributed by atoms with E-state index in [1.807, 2.05) is 12.1 Å². The van der Waals surface area contributed by atoms with E-state index in [4.69, 9.17) is 0 Å². The molecule has 0 aromatic heterocycles. The van der Waals surface area contributed by atoms with Crippen molar-refractivity contribution < 1.29 is 19.2 Å². The maximum Gasteiger partial charge on any atom is 0.265 e. The van der Waals surface area contributed by atoms with Gasteiger partial charge < -0.3 is 0 Å². The molecule has 2 aromatic carbocycles. The smallest absolute Gasteiger partial charge is 0.265 e. The molecule has 0 unspecified atom stereocenters. The summed E-state index contributed by atoms with van der Waals surface area (Å²) in [5, 5.41) is 1.65. The van der Waals surface area contributed by atoms with Crippen LogP contribution in [-0.2, 0) is 14.4 Å². The molecule has 0 N–H and O–H groups in total. The van der Waals surface area contributed by atoms with Gasteiger partial charge in [-0.15, -0.1) is 0 Å². The number of hydrogen-bond acceptors (Lipinski definition) is 4. The lowest BCUT2D eigenvalue weighted by Gasteiger charge is -2.15. The molecule has 0 spiro atoms. The first kappa shape index (κ1) is 12.2. The minimum Gasteiger partial charge on any atom is -0.294 e. The van der Waals surface area contributed by atoms with Crippen LogP contribution in [0.25, 0.3) is 16.8 Å². The summed E-state index contributed by atoms with van der Waals surface area (Å²) in [7, 11) is 0. The highest BCUT2D eigenvalue weighted by Gasteiger charge is 2.29. The van der Waals surface area contributed by atoms with E-state index in [0.717, 1.165) is 10.8 Å². The van der Waals surface area contributed by atoms with Crippen LogP contribution in [0.3, 0.4) is 0 Å². The molecule has 1 aliphatic carbocycles. The molecule has 4 heteroatoms. The molecule has 0 atom stereocenters. The molecular formula is C16H8O4. The van der Waals surface area contributed by atoms with Gasteiger partial charge in [0.1, 0.15) is 0 Å². The van der Waals surface area contributed by atoms with E-state index in [0.29, 0.717) is 11.1 Å². The number of aldehydes is 1. The lowest BCUT2D eigenvalue weighted by Crippen LogP contribution is -2.24. The van der Waals surface area contributed by atoms with Crippen LogP contribution in [0.5, 0.6) is 0 Å². The molecule has 0 fully saturated rings. The molecule has 0 saturated heterocycles. The largest absolute Gasteiger partial charge is 0.294 e. The van der Waals surface area contributed by atoms with Crippen molar-refractivity contribution in [1.29, 1.82) is 0 Å². The van der Waals surface area contributed by atoms with Gasteiger partial charge in [0.2, 0.25) is 5.78 Å². The normalized spacial score (nSPS) is 13.0. The summed E-state index contributed by atoms with van der Waals surface area (Å²) >= 11 is 0. The Morgan fingerprint density at radius 3 is 2.40 bits per heavy atom. The minimum atomic E-state index is -1.21. The first-order valence-electron chi connectivity index (χ1n) is 5.95. The van der Waals surface area contributed by atoms with Gasteiger partial charge in [0.15, 0.2) is 12.1 Å². The topological polar surface area (TPSA) is 68.3 Å². The summed E-state index contributed by atoms with van der Waals surface area (Å²) < 4.78 is 0. The Balaban J connectivity index is 2.28. The number of rotatable bonds is 3. The van der Waals surface area contributed by atoms with Gasteiger partial charge >= 0.3 is 0 Å². The Labute approximate surface area is 113 Å². The molecule has 0 radical (unpaired) electrons. The van der Waals surface area contributed by atoms with E-state index in [2.05, 4.69) is 0 Å². The third kappa shape index (κ3) is 1.62. The molecule has 96 valence electrons. The fraction of sp³-hybridized carbons (Fsp3) is 0. The number of hydrogen-bond donors (Lipinski definition) is 0. The van der Waals surface area contributed by atoms with Crippen LogP contribution in [0.15, 0.2) is 42.0 Å². The Morgan fingerprint density at radius 2 is 1.70 bits per heavy atom. The summed E-state index contributed by atoms with van der Waals surface area (Å²) in [5.74, 6) is -2.79. The zero-order chi connectivity index (χ0) is 14.3.